The average molecular weight is 634 g/mol. The van der Waals surface area contributed by atoms with Crippen LogP contribution in [0.3, 0.4) is 0 Å². The number of nitro benzene ring substituents is 1. The number of nitro groups is 1. The summed E-state index contributed by atoms with van der Waals surface area (Å²) in [7, 11) is 0. The third-order valence-electron chi connectivity index (χ3n) is 6.65. The van der Waals surface area contributed by atoms with E-state index in [-0.39, 0.29) is 43.2 Å². The Morgan fingerprint density at radius 1 is 0.913 bits per heavy atom. The molecule has 1 aromatic carbocycles. The van der Waals surface area contributed by atoms with E-state index in [2.05, 4.69) is 67.7 Å². The van der Waals surface area contributed by atoms with Gasteiger partial charge >= 0.3 is 11.7 Å². The SMILES string of the molecule is CC/C=C\C/C=C\C/C=C\C/C=C\C/C=C\CCCCCC(=O)OCCN(CC)C(=O)/C(C#N)=C/c1cc(O)c(O)c([N+](=O)[O-])c1. The topological polar surface area (TPSA) is 154 Å². The monoisotopic (exact) mass is 633 g/mol. The smallest absolute Gasteiger partial charge is 0.315 e. The highest BCUT2D eigenvalue weighted by Gasteiger charge is 2.21. The number of amides is 1. The van der Waals surface area contributed by atoms with E-state index in [0.29, 0.717) is 6.42 Å². The summed E-state index contributed by atoms with van der Waals surface area (Å²) in [6.45, 7) is 4.08. The molecule has 46 heavy (non-hydrogen) atoms. The molecular formula is C36H47N3O7. The van der Waals surface area contributed by atoms with Crippen LogP contribution in [0.4, 0.5) is 5.69 Å². The molecule has 10 nitrogen and oxygen atoms in total. The van der Waals surface area contributed by atoms with Crippen LogP contribution in [-0.2, 0) is 14.3 Å². The summed E-state index contributed by atoms with van der Waals surface area (Å²) >= 11 is 0. The van der Waals surface area contributed by atoms with Crippen molar-refractivity contribution in [3.63, 3.8) is 0 Å². The number of esters is 1. The van der Waals surface area contributed by atoms with E-state index in [1.54, 1.807) is 13.0 Å². The van der Waals surface area contributed by atoms with Crippen LogP contribution >= 0.6 is 0 Å². The standard InChI is InChI=1S/C36H47N3O7/c1-3-5-6-7-8-9-10-11-12-13-14-15-16-17-18-19-20-21-22-23-34(41)46-25-24-38(4-2)36(43)31(29-37)26-30-27-32(39(44)45)35(42)33(40)28-30/h5-6,8-9,11-12,14-15,17-18,26-28,40,42H,3-4,7,10,13,16,19-25H2,1-2H3/b6-5-,9-8-,12-11-,15-14-,18-17-,31-26+. The van der Waals surface area contributed by atoms with E-state index in [4.69, 9.17) is 4.74 Å². The van der Waals surface area contributed by atoms with Crippen molar-refractivity contribution < 1.29 is 29.5 Å². The summed E-state index contributed by atoms with van der Waals surface area (Å²) in [5.74, 6) is -2.68. The zero-order chi connectivity index (χ0) is 34.0. The number of likely N-dealkylation sites (N-methyl/N-ethyl adjacent to an activating group) is 1. The third-order valence-corrected chi connectivity index (χ3v) is 6.65. The molecule has 0 bridgehead atoms. The first-order valence-electron chi connectivity index (χ1n) is 15.8. The number of phenolic OH excluding ortho intramolecular Hbond substituents is 2. The quantitative estimate of drug-likeness (QED) is 0.0190. The molecule has 0 aromatic heterocycles. The van der Waals surface area contributed by atoms with Crippen molar-refractivity contribution in [3.05, 3.63) is 94.1 Å². The van der Waals surface area contributed by atoms with Crippen LogP contribution in [-0.4, -0.2) is 51.6 Å². The molecule has 0 spiro atoms. The van der Waals surface area contributed by atoms with Gasteiger partial charge in [-0.1, -0.05) is 74.1 Å². The van der Waals surface area contributed by atoms with Crippen LogP contribution in [0, 0.1) is 21.4 Å². The van der Waals surface area contributed by atoms with Crippen molar-refractivity contribution in [2.24, 2.45) is 0 Å². The van der Waals surface area contributed by atoms with Crippen LogP contribution < -0.4 is 0 Å². The number of aromatic hydroxyl groups is 2. The molecule has 0 fully saturated rings. The van der Waals surface area contributed by atoms with E-state index < -0.39 is 28.0 Å². The van der Waals surface area contributed by atoms with E-state index in [9.17, 15) is 35.2 Å². The lowest BCUT2D eigenvalue weighted by atomic mass is 10.1. The molecule has 0 aliphatic heterocycles. The number of hydrogen-bond donors (Lipinski definition) is 2. The molecule has 0 radical (unpaired) electrons. The lowest BCUT2D eigenvalue weighted by Crippen LogP contribution is -2.35. The predicted octanol–water partition coefficient (Wildman–Crippen LogP) is 8.01. The van der Waals surface area contributed by atoms with E-state index in [1.165, 1.54) is 4.90 Å². The predicted molar refractivity (Wildman–Crippen MR) is 181 cm³/mol. The van der Waals surface area contributed by atoms with Crippen LogP contribution in [0.25, 0.3) is 6.08 Å². The molecule has 0 aliphatic rings. The van der Waals surface area contributed by atoms with Gasteiger partial charge in [0.15, 0.2) is 5.75 Å². The largest absolute Gasteiger partial charge is 0.504 e. The molecule has 0 heterocycles. The molecule has 10 heteroatoms. The molecule has 0 aliphatic carbocycles. The van der Waals surface area contributed by atoms with Crippen molar-refractivity contribution in [2.75, 3.05) is 19.7 Å². The van der Waals surface area contributed by atoms with Crippen LogP contribution in [0.1, 0.15) is 83.6 Å². The third kappa shape index (κ3) is 16.8. The highest BCUT2D eigenvalue weighted by molar-refractivity contribution is 6.01. The maximum Gasteiger partial charge on any atom is 0.315 e. The number of ether oxygens (including phenoxy) is 1. The lowest BCUT2D eigenvalue weighted by Gasteiger charge is -2.20. The van der Waals surface area contributed by atoms with Crippen LogP contribution in [0.15, 0.2) is 78.5 Å². The Kier molecular flexibility index (Phi) is 20.8. The minimum atomic E-state index is -0.908. The zero-order valence-corrected chi connectivity index (χ0v) is 27.0. The fourth-order valence-electron chi connectivity index (χ4n) is 4.15. The fourth-order valence-corrected chi connectivity index (χ4v) is 4.15. The van der Waals surface area contributed by atoms with Gasteiger partial charge < -0.3 is 19.8 Å². The van der Waals surface area contributed by atoms with Gasteiger partial charge in [-0.2, -0.15) is 5.26 Å². The lowest BCUT2D eigenvalue weighted by molar-refractivity contribution is -0.386. The molecular weight excluding hydrogens is 586 g/mol. The van der Waals surface area contributed by atoms with E-state index >= 15 is 0 Å². The number of nitrogens with zero attached hydrogens (tertiary/aromatic N) is 3. The Hall–Kier alpha value is -4.91. The molecule has 0 saturated heterocycles. The van der Waals surface area contributed by atoms with Gasteiger partial charge in [0.1, 0.15) is 18.2 Å². The molecule has 0 atom stereocenters. The fraction of sp³-hybridized carbons (Fsp3) is 0.417. The maximum absolute atomic E-state index is 12.9. The molecule has 1 aromatic rings. The second-order valence-corrected chi connectivity index (χ2v) is 10.2. The summed E-state index contributed by atoms with van der Waals surface area (Å²) < 4.78 is 5.26. The van der Waals surface area contributed by atoms with Gasteiger partial charge in [0, 0.05) is 19.0 Å². The first-order valence-corrected chi connectivity index (χ1v) is 15.8. The number of phenols is 2. The summed E-state index contributed by atoms with van der Waals surface area (Å²) in [5, 5.41) is 40.0. The molecule has 1 rings (SSSR count). The Morgan fingerprint density at radius 2 is 1.50 bits per heavy atom. The molecule has 0 saturated carbocycles. The number of nitriles is 1. The van der Waals surface area contributed by atoms with Gasteiger partial charge in [-0.3, -0.25) is 19.7 Å². The second kappa shape index (κ2) is 24.4. The highest BCUT2D eigenvalue weighted by Crippen LogP contribution is 2.36. The maximum atomic E-state index is 12.9. The van der Waals surface area contributed by atoms with Crippen molar-refractivity contribution in [3.8, 4) is 17.6 Å². The number of hydrogen-bond acceptors (Lipinski definition) is 8. The Balaban J connectivity index is 2.28. The van der Waals surface area contributed by atoms with Crippen molar-refractivity contribution in [2.45, 2.75) is 78.1 Å². The minimum absolute atomic E-state index is 0.00396. The van der Waals surface area contributed by atoms with Gasteiger partial charge in [-0.15, -0.1) is 0 Å². The number of unbranched alkanes of at least 4 members (excludes halogenated alkanes) is 3. The van der Waals surface area contributed by atoms with Gasteiger partial charge in [-0.25, -0.2) is 0 Å². The van der Waals surface area contributed by atoms with Crippen molar-refractivity contribution in [1.29, 1.82) is 5.26 Å². The Bertz CT molecular complexity index is 1330. The summed E-state index contributed by atoms with van der Waals surface area (Å²) in [5.41, 5.74) is -1.10. The Morgan fingerprint density at radius 3 is 2.04 bits per heavy atom. The Labute approximate surface area is 272 Å². The highest BCUT2D eigenvalue weighted by atomic mass is 16.6. The van der Waals surface area contributed by atoms with Gasteiger partial charge in [0.05, 0.1) is 11.5 Å². The first-order chi connectivity index (χ1) is 22.2. The normalized spacial score (nSPS) is 12.2. The molecule has 1 amide bonds. The summed E-state index contributed by atoms with van der Waals surface area (Å²) in [6, 6.07) is 3.71. The van der Waals surface area contributed by atoms with Crippen molar-refractivity contribution in [1.82, 2.24) is 4.90 Å². The number of benzene rings is 1. The number of carbonyl (C=O) groups excluding carboxylic acids is 2. The summed E-state index contributed by atoms with van der Waals surface area (Å²) in [6.07, 6.45) is 31.4. The molecule has 0 unspecified atom stereocenters. The van der Waals surface area contributed by atoms with Gasteiger partial charge in [0.25, 0.3) is 5.91 Å². The number of carbonyl (C=O) groups is 2. The second-order valence-electron chi connectivity index (χ2n) is 10.2. The molecule has 248 valence electrons. The van der Waals surface area contributed by atoms with E-state index in [1.807, 2.05) is 0 Å². The van der Waals surface area contributed by atoms with Gasteiger partial charge in [-0.05, 0) is 76.0 Å². The average Bonchev–Trinajstić information content (AvgIpc) is 3.04. The number of allylic oxidation sites excluding steroid dienone is 10. The zero-order valence-electron chi connectivity index (χ0n) is 27.0. The van der Waals surface area contributed by atoms with Crippen molar-refractivity contribution >= 4 is 23.6 Å². The summed E-state index contributed by atoms with van der Waals surface area (Å²) in [4.78, 5) is 36.5. The van der Waals surface area contributed by atoms with Crippen LogP contribution in [0.2, 0.25) is 0 Å². The van der Waals surface area contributed by atoms with Crippen LogP contribution in [0.5, 0.6) is 11.5 Å². The van der Waals surface area contributed by atoms with Gasteiger partial charge in [0.2, 0.25) is 5.75 Å². The first kappa shape index (κ1) is 39.1. The molecule has 2 N–H and O–H groups in total. The van der Waals surface area contributed by atoms with E-state index in [0.717, 1.165) is 69.6 Å². The minimum Gasteiger partial charge on any atom is -0.504 e. The number of rotatable bonds is 22.